The van der Waals surface area contributed by atoms with Crippen LogP contribution in [0.4, 0.5) is 4.79 Å². The molecule has 0 N–H and O–H groups in total. The molecule has 0 radical (unpaired) electrons. The summed E-state index contributed by atoms with van der Waals surface area (Å²) in [5.41, 5.74) is 0.314. The molecule has 5 heteroatoms. The van der Waals surface area contributed by atoms with Gasteiger partial charge in [-0.2, -0.15) is 5.26 Å². The maximum atomic E-state index is 12.4. The maximum absolute atomic E-state index is 12.4. The molecule has 0 saturated heterocycles. The lowest BCUT2D eigenvalue weighted by atomic mass is 10.1. The van der Waals surface area contributed by atoms with Crippen LogP contribution in [0.25, 0.3) is 0 Å². The van der Waals surface area contributed by atoms with Crippen molar-refractivity contribution in [2.24, 2.45) is 0 Å². The van der Waals surface area contributed by atoms with Crippen LogP contribution in [-0.2, 0) is 11.3 Å². The summed E-state index contributed by atoms with van der Waals surface area (Å²) in [5, 5.41) is 9.02. The molecule has 118 valence electrons. The Morgan fingerprint density at radius 3 is 2.68 bits per heavy atom. The van der Waals surface area contributed by atoms with Gasteiger partial charge in [-0.05, 0) is 46.8 Å². The van der Waals surface area contributed by atoms with Gasteiger partial charge in [-0.1, -0.05) is 6.07 Å². The van der Waals surface area contributed by atoms with Crippen LogP contribution in [0.5, 0.6) is 5.75 Å². The molecule has 1 amide bonds. The third-order valence-corrected chi connectivity index (χ3v) is 3.17. The second-order valence-corrected chi connectivity index (χ2v) is 7.13. The molecule has 0 fully saturated rings. The van der Waals surface area contributed by atoms with E-state index < -0.39 is 11.2 Å². The minimum Gasteiger partial charge on any atom is -0.486 e. The van der Waals surface area contributed by atoms with E-state index in [0.29, 0.717) is 24.4 Å². The summed E-state index contributed by atoms with van der Waals surface area (Å²) < 4.78 is 11.5. The van der Waals surface area contributed by atoms with E-state index in [0.717, 1.165) is 5.56 Å². The van der Waals surface area contributed by atoms with Crippen LogP contribution in [0.2, 0.25) is 0 Å². The second-order valence-electron chi connectivity index (χ2n) is 7.13. The van der Waals surface area contributed by atoms with E-state index in [1.807, 2.05) is 40.7 Å². The summed E-state index contributed by atoms with van der Waals surface area (Å²) in [4.78, 5) is 14.0. The van der Waals surface area contributed by atoms with Crippen molar-refractivity contribution in [1.29, 1.82) is 5.26 Å². The highest BCUT2D eigenvalue weighted by Crippen LogP contribution is 2.31. The lowest BCUT2D eigenvalue weighted by Crippen LogP contribution is -2.45. The first-order valence-electron chi connectivity index (χ1n) is 7.30. The highest BCUT2D eigenvalue weighted by molar-refractivity contribution is 5.68. The van der Waals surface area contributed by atoms with Gasteiger partial charge in [-0.15, -0.1) is 0 Å². The van der Waals surface area contributed by atoms with E-state index in [2.05, 4.69) is 6.07 Å². The van der Waals surface area contributed by atoms with Crippen molar-refractivity contribution in [1.82, 2.24) is 4.90 Å². The number of carbonyl (C=O) groups excluding carboxylic acids is 1. The molecule has 1 aromatic carbocycles. The zero-order chi connectivity index (χ0) is 16.5. The summed E-state index contributed by atoms with van der Waals surface area (Å²) in [6.45, 7) is 10.2. The number of rotatable bonds is 0. The fraction of sp³-hybridized carbons (Fsp3) is 0.529. The van der Waals surface area contributed by atoms with Crippen molar-refractivity contribution in [3.8, 4) is 11.8 Å². The van der Waals surface area contributed by atoms with Crippen LogP contribution < -0.4 is 4.74 Å². The summed E-state index contributed by atoms with van der Waals surface area (Å²) in [6, 6.07) is 7.38. The van der Waals surface area contributed by atoms with Gasteiger partial charge in [-0.25, -0.2) is 4.79 Å². The molecule has 0 unspecified atom stereocenters. The van der Waals surface area contributed by atoms with E-state index in [-0.39, 0.29) is 6.09 Å². The Bertz CT molecular complexity index is 624. The van der Waals surface area contributed by atoms with Gasteiger partial charge in [0.2, 0.25) is 0 Å². The first-order chi connectivity index (χ1) is 10.1. The van der Waals surface area contributed by atoms with Crippen LogP contribution in [0.3, 0.4) is 0 Å². The lowest BCUT2D eigenvalue weighted by molar-refractivity contribution is 0.00752. The van der Waals surface area contributed by atoms with E-state index in [1.165, 1.54) is 0 Å². The largest absolute Gasteiger partial charge is 0.486 e. The number of carbonyl (C=O) groups is 1. The van der Waals surface area contributed by atoms with Gasteiger partial charge < -0.3 is 9.47 Å². The molecule has 5 nitrogen and oxygen atoms in total. The molecule has 0 saturated carbocycles. The molecule has 1 aromatic rings. The van der Waals surface area contributed by atoms with Gasteiger partial charge >= 0.3 is 6.09 Å². The Morgan fingerprint density at radius 2 is 2.09 bits per heavy atom. The average molecular weight is 302 g/mol. The number of hydrogen-bond acceptors (Lipinski definition) is 4. The molecule has 0 atom stereocenters. The van der Waals surface area contributed by atoms with Crippen LogP contribution in [-0.4, -0.2) is 28.7 Å². The molecule has 1 aliphatic heterocycles. The number of nitriles is 1. The van der Waals surface area contributed by atoms with Crippen molar-refractivity contribution in [3.63, 3.8) is 0 Å². The Kier molecular flexibility index (Phi) is 4.06. The molecule has 1 heterocycles. The quantitative estimate of drug-likeness (QED) is 0.736. The lowest BCUT2D eigenvalue weighted by Gasteiger charge is -2.31. The van der Waals surface area contributed by atoms with E-state index in [4.69, 9.17) is 14.7 Å². The van der Waals surface area contributed by atoms with Crippen molar-refractivity contribution in [2.75, 3.05) is 6.54 Å². The van der Waals surface area contributed by atoms with Gasteiger partial charge in [0.05, 0.1) is 24.7 Å². The van der Waals surface area contributed by atoms with Crippen molar-refractivity contribution < 1.29 is 14.3 Å². The zero-order valence-corrected chi connectivity index (χ0v) is 13.8. The van der Waals surface area contributed by atoms with E-state index in [9.17, 15) is 4.79 Å². The smallest absolute Gasteiger partial charge is 0.410 e. The zero-order valence-electron chi connectivity index (χ0n) is 13.8. The molecular weight excluding hydrogens is 280 g/mol. The van der Waals surface area contributed by atoms with Gasteiger partial charge in [-0.3, -0.25) is 4.90 Å². The fourth-order valence-corrected chi connectivity index (χ4v) is 2.36. The second kappa shape index (κ2) is 5.53. The molecule has 1 aliphatic rings. The summed E-state index contributed by atoms with van der Waals surface area (Å²) in [7, 11) is 0. The number of ether oxygens (including phenoxy) is 2. The van der Waals surface area contributed by atoms with Crippen molar-refractivity contribution >= 4 is 6.09 Å². The normalized spacial score (nSPS) is 16.8. The monoisotopic (exact) mass is 302 g/mol. The predicted molar refractivity (Wildman–Crippen MR) is 82.5 cm³/mol. The first kappa shape index (κ1) is 16.2. The Balaban J connectivity index is 2.32. The van der Waals surface area contributed by atoms with Crippen LogP contribution in [0.1, 0.15) is 45.7 Å². The summed E-state index contributed by atoms with van der Waals surface area (Å²) >= 11 is 0. The number of benzene rings is 1. The van der Waals surface area contributed by atoms with Gasteiger partial charge in [0.1, 0.15) is 17.0 Å². The Morgan fingerprint density at radius 1 is 1.41 bits per heavy atom. The highest BCUT2D eigenvalue weighted by atomic mass is 16.6. The molecular formula is C17H22N2O3. The SMILES string of the molecule is CC(C)(C)OC(=O)N1Cc2ccc(C#N)cc2OC(C)(C)C1. The van der Waals surface area contributed by atoms with Gasteiger partial charge in [0.15, 0.2) is 0 Å². The number of amides is 1. The summed E-state index contributed by atoms with van der Waals surface area (Å²) in [6.07, 6.45) is -0.360. The van der Waals surface area contributed by atoms with Crippen molar-refractivity contribution in [2.45, 2.75) is 52.4 Å². The van der Waals surface area contributed by atoms with Gasteiger partial charge in [0.25, 0.3) is 0 Å². The van der Waals surface area contributed by atoms with Crippen molar-refractivity contribution in [3.05, 3.63) is 29.3 Å². The highest BCUT2D eigenvalue weighted by Gasteiger charge is 2.33. The molecule has 22 heavy (non-hydrogen) atoms. The molecule has 0 bridgehead atoms. The number of hydrogen-bond donors (Lipinski definition) is 0. The summed E-state index contributed by atoms with van der Waals surface area (Å²) in [5.74, 6) is 0.648. The minimum absolute atomic E-state index is 0.360. The Labute approximate surface area is 131 Å². The topological polar surface area (TPSA) is 62.6 Å². The standard InChI is InChI=1S/C17H22N2O3/c1-16(2,3)22-15(20)19-10-13-7-6-12(9-18)8-14(13)21-17(4,5)11-19/h6-8H,10-11H2,1-5H3. The maximum Gasteiger partial charge on any atom is 0.410 e. The number of fused-ring (bicyclic) bond motifs is 1. The third-order valence-electron chi connectivity index (χ3n) is 3.17. The average Bonchev–Trinajstić information content (AvgIpc) is 2.50. The molecule has 0 aromatic heterocycles. The van der Waals surface area contributed by atoms with E-state index in [1.54, 1.807) is 17.0 Å². The molecule has 0 spiro atoms. The van der Waals surface area contributed by atoms with Crippen LogP contribution in [0.15, 0.2) is 18.2 Å². The fourth-order valence-electron chi connectivity index (χ4n) is 2.36. The Hall–Kier alpha value is -2.22. The van der Waals surface area contributed by atoms with Crippen LogP contribution >= 0.6 is 0 Å². The number of nitrogens with zero attached hydrogens (tertiary/aromatic N) is 2. The van der Waals surface area contributed by atoms with Crippen LogP contribution in [0, 0.1) is 11.3 Å². The minimum atomic E-state index is -0.559. The third kappa shape index (κ3) is 3.91. The molecule has 0 aliphatic carbocycles. The van der Waals surface area contributed by atoms with Gasteiger partial charge in [0, 0.05) is 5.56 Å². The molecule has 2 rings (SSSR count). The van der Waals surface area contributed by atoms with E-state index >= 15 is 0 Å². The first-order valence-corrected chi connectivity index (χ1v) is 7.30. The predicted octanol–water partition coefficient (Wildman–Crippen LogP) is 3.47.